The quantitative estimate of drug-likeness (QED) is 0.247. The highest BCUT2D eigenvalue weighted by molar-refractivity contribution is 5.88. The van der Waals surface area contributed by atoms with Gasteiger partial charge in [-0.15, -0.1) is 0 Å². The molecule has 0 saturated carbocycles. The van der Waals surface area contributed by atoms with Gasteiger partial charge in [-0.05, 0) is 35.9 Å². The van der Waals surface area contributed by atoms with E-state index >= 15 is 0 Å². The number of phenolic OH excluding ortho intramolecular Hbond substituents is 1. The van der Waals surface area contributed by atoms with Gasteiger partial charge in [0.1, 0.15) is 35.2 Å². The van der Waals surface area contributed by atoms with Crippen LogP contribution in [-0.2, 0) is 12.8 Å². The van der Waals surface area contributed by atoms with E-state index in [1.807, 2.05) is 5.10 Å². The molecule has 3 aromatic carbocycles. The molecule has 1 heterocycles. The Morgan fingerprint density at radius 3 is 2.40 bits per heavy atom. The number of H-pyrrole nitrogens is 1. The van der Waals surface area contributed by atoms with Gasteiger partial charge in [-0.25, -0.2) is 0 Å². The number of phenols is 1. The van der Waals surface area contributed by atoms with Crippen LogP contribution in [0.15, 0.2) is 66.7 Å². The Labute approximate surface area is 196 Å². The Morgan fingerprint density at radius 1 is 1.06 bits per heavy atom. The molecule has 35 heavy (non-hydrogen) atoms. The molecule has 0 unspecified atom stereocenters. The van der Waals surface area contributed by atoms with E-state index in [9.17, 15) is 28.4 Å². The van der Waals surface area contributed by atoms with Crippen LogP contribution in [0.2, 0.25) is 0 Å². The van der Waals surface area contributed by atoms with E-state index in [1.54, 1.807) is 12.1 Å². The molecule has 180 valence electrons. The second-order valence-electron chi connectivity index (χ2n) is 7.41. The summed E-state index contributed by atoms with van der Waals surface area (Å²) in [4.78, 5) is 10.2. The summed E-state index contributed by atoms with van der Waals surface area (Å²) in [6, 6.07) is 16.1. The first-order chi connectivity index (χ1) is 16.7. The van der Waals surface area contributed by atoms with Crippen LogP contribution in [-0.4, -0.2) is 27.3 Å². The number of hydrogen-bond acceptors (Lipinski definition) is 6. The predicted octanol–water partition coefficient (Wildman–Crippen LogP) is 5.96. The lowest BCUT2D eigenvalue weighted by Crippen LogP contribution is -2.07. The van der Waals surface area contributed by atoms with E-state index in [-0.39, 0.29) is 51.9 Å². The number of halogens is 3. The summed E-state index contributed by atoms with van der Waals surface area (Å²) in [7, 11) is 1.35. The van der Waals surface area contributed by atoms with Gasteiger partial charge in [0.2, 0.25) is 0 Å². The van der Waals surface area contributed by atoms with E-state index in [1.165, 1.54) is 61.7 Å². The number of nitrogens with one attached hydrogen (secondary N) is 1. The number of alkyl halides is 3. The molecule has 0 fully saturated rings. The average Bonchev–Trinajstić information content (AvgIpc) is 3.28. The zero-order chi connectivity index (χ0) is 25.2. The van der Waals surface area contributed by atoms with E-state index in [0.29, 0.717) is 5.56 Å². The van der Waals surface area contributed by atoms with Crippen molar-refractivity contribution in [3.05, 3.63) is 88.1 Å². The minimum absolute atomic E-state index is 0.0559. The normalized spacial score (nSPS) is 11.3. The van der Waals surface area contributed by atoms with Gasteiger partial charge < -0.3 is 14.6 Å². The highest BCUT2D eigenvalue weighted by Crippen LogP contribution is 2.46. The molecular weight excluding hydrogens is 467 g/mol. The maximum atomic E-state index is 13.8. The summed E-state index contributed by atoms with van der Waals surface area (Å²) in [5.41, 5.74) is -0.635. The number of ether oxygens (including phenoxy) is 2. The summed E-state index contributed by atoms with van der Waals surface area (Å²) in [5.74, 6) is 0.112. The van der Waals surface area contributed by atoms with Gasteiger partial charge in [0.15, 0.2) is 0 Å². The number of aromatic nitrogens is 2. The van der Waals surface area contributed by atoms with Gasteiger partial charge in [-0.2, -0.15) is 18.3 Å². The molecule has 2 N–H and O–H groups in total. The largest absolute Gasteiger partial charge is 0.507 e. The summed E-state index contributed by atoms with van der Waals surface area (Å²) in [6.07, 6.45) is -4.73. The highest BCUT2D eigenvalue weighted by atomic mass is 19.4. The summed E-state index contributed by atoms with van der Waals surface area (Å²) in [5, 5.41) is 27.3. The molecule has 0 bridgehead atoms. The van der Waals surface area contributed by atoms with Crippen LogP contribution in [0.4, 0.5) is 18.9 Å². The zero-order valence-electron chi connectivity index (χ0n) is 18.2. The SMILES string of the molecule is COc1ccccc1-c1c(-c2ccc(OCc3ccc([N+](=O)[O-])cc3)cc2O)n[nH]c1C(F)(F)F. The van der Waals surface area contributed by atoms with Crippen LogP contribution in [0.1, 0.15) is 11.3 Å². The Bertz CT molecular complexity index is 1370. The number of hydrogen-bond donors (Lipinski definition) is 2. The van der Waals surface area contributed by atoms with Gasteiger partial charge in [0.25, 0.3) is 5.69 Å². The summed E-state index contributed by atoms with van der Waals surface area (Å²) in [6.45, 7) is 0.0594. The lowest BCUT2D eigenvalue weighted by atomic mass is 9.97. The fourth-order valence-corrected chi connectivity index (χ4v) is 3.54. The van der Waals surface area contributed by atoms with E-state index < -0.39 is 16.8 Å². The highest BCUT2D eigenvalue weighted by Gasteiger charge is 2.39. The van der Waals surface area contributed by atoms with Gasteiger partial charge in [0.05, 0.1) is 12.0 Å². The summed E-state index contributed by atoms with van der Waals surface area (Å²) >= 11 is 0. The first-order valence-electron chi connectivity index (χ1n) is 10.2. The second kappa shape index (κ2) is 9.37. The van der Waals surface area contributed by atoms with Gasteiger partial charge in [-0.1, -0.05) is 18.2 Å². The van der Waals surface area contributed by atoms with Crippen molar-refractivity contribution in [2.75, 3.05) is 7.11 Å². The molecule has 0 spiro atoms. The van der Waals surface area contributed by atoms with Crippen molar-refractivity contribution in [2.24, 2.45) is 0 Å². The lowest BCUT2D eigenvalue weighted by Gasteiger charge is -2.13. The van der Waals surface area contributed by atoms with Crippen molar-refractivity contribution in [3.63, 3.8) is 0 Å². The number of benzene rings is 3. The number of aromatic amines is 1. The zero-order valence-corrected chi connectivity index (χ0v) is 18.2. The molecule has 4 aromatic rings. The Hall–Kier alpha value is -4.54. The maximum Gasteiger partial charge on any atom is 0.433 e. The van der Waals surface area contributed by atoms with Crippen LogP contribution in [0.25, 0.3) is 22.4 Å². The molecule has 0 saturated heterocycles. The molecule has 1 aromatic heterocycles. The van der Waals surface area contributed by atoms with Crippen LogP contribution in [0, 0.1) is 10.1 Å². The first-order valence-corrected chi connectivity index (χ1v) is 10.2. The molecule has 0 aliphatic carbocycles. The summed E-state index contributed by atoms with van der Waals surface area (Å²) < 4.78 is 52.1. The van der Waals surface area contributed by atoms with Gasteiger partial charge in [-0.3, -0.25) is 15.2 Å². The van der Waals surface area contributed by atoms with Crippen molar-refractivity contribution >= 4 is 5.69 Å². The predicted molar refractivity (Wildman–Crippen MR) is 120 cm³/mol. The number of nitro groups is 1. The second-order valence-corrected chi connectivity index (χ2v) is 7.41. The average molecular weight is 485 g/mol. The van der Waals surface area contributed by atoms with Crippen molar-refractivity contribution in [3.8, 4) is 39.6 Å². The molecule has 0 aliphatic rings. The van der Waals surface area contributed by atoms with Crippen LogP contribution >= 0.6 is 0 Å². The van der Waals surface area contributed by atoms with E-state index in [2.05, 4.69) is 5.10 Å². The minimum atomic E-state index is -4.73. The van der Waals surface area contributed by atoms with Crippen LogP contribution in [0.3, 0.4) is 0 Å². The van der Waals surface area contributed by atoms with Crippen molar-refractivity contribution in [1.29, 1.82) is 0 Å². The third-order valence-electron chi connectivity index (χ3n) is 5.20. The minimum Gasteiger partial charge on any atom is -0.507 e. The number of para-hydroxylation sites is 1. The van der Waals surface area contributed by atoms with Crippen molar-refractivity contribution in [2.45, 2.75) is 12.8 Å². The number of aromatic hydroxyl groups is 1. The number of nitrogens with zero attached hydrogens (tertiary/aromatic N) is 2. The third-order valence-corrected chi connectivity index (χ3v) is 5.20. The molecular formula is C24H18F3N3O5. The fraction of sp³-hybridized carbons (Fsp3) is 0.125. The van der Waals surface area contributed by atoms with Gasteiger partial charge in [0, 0.05) is 34.9 Å². The van der Waals surface area contributed by atoms with Crippen LogP contribution < -0.4 is 9.47 Å². The molecule has 4 rings (SSSR count). The van der Waals surface area contributed by atoms with Crippen molar-refractivity contribution < 1.29 is 32.7 Å². The molecule has 0 aliphatic heterocycles. The lowest BCUT2D eigenvalue weighted by molar-refractivity contribution is -0.384. The molecule has 0 radical (unpaired) electrons. The smallest absolute Gasteiger partial charge is 0.433 e. The number of methoxy groups -OCH3 is 1. The van der Waals surface area contributed by atoms with Crippen LogP contribution in [0.5, 0.6) is 17.2 Å². The topological polar surface area (TPSA) is 111 Å². The third kappa shape index (κ3) is 4.88. The Balaban J connectivity index is 1.67. The maximum absolute atomic E-state index is 13.8. The van der Waals surface area contributed by atoms with Gasteiger partial charge >= 0.3 is 6.18 Å². The monoisotopic (exact) mass is 485 g/mol. The molecule has 0 amide bonds. The number of nitro benzene ring substituents is 1. The standard InChI is InChI=1S/C24H18F3N3O5/c1-34-20-5-3-2-4-18(20)21-22(28-29-23(21)24(25,26)27)17-11-10-16(12-19(17)31)35-13-14-6-8-15(9-7-14)30(32)33/h2-12,31H,13H2,1H3,(H,28,29). The Kier molecular flexibility index (Phi) is 6.32. The molecule has 8 nitrogen and oxygen atoms in total. The number of rotatable bonds is 7. The first kappa shape index (κ1) is 23.6. The number of non-ortho nitro benzene ring substituents is 1. The Morgan fingerprint density at radius 2 is 1.77 bits per heavy atom. The van der Waals surface area contributed by atoms with E-state index in [4.69, 9.17) is 9.47 Å². The fourth-order valence-electron chi connectivity index (χ4n) is 3.54. The molecule has 11 heteroatoms. The molecule has 0 atom stereocenters. The van der Waals surface area contributed by atoms with Crippen molar-refractivity contribution in [1.82, 2.24) is 10.2 Å². The van der Waals surface area contributed by atoms with E-state index in [0.717, 1.165) is 0 Å².